The van der Waals surface area contributed by atoms with Crippen molar-refractivity contribution in [3.05, 3.63) is 32.6 Å². The van der Waals surface area contributed by atoms with Crippen LogP contribution in [-0.2, 0) is 6.18 Å². The summed E-state index contributed by atoms with van der Waals surface area (Å²) in [4.78, 5) is 14.4. The number of ether oxygens (including phenoxy) is 2. The highest BCUT2D eigenvalue weighted by atomic mass is 35.5. The number of fused-ring (bicyclic) bond motifs is 1. The number of halogens is 4. The molecule has 0 aliphatic carbocycles. The van der Waals surface area contributed by atoms with Gasteiger partial charge in [0.2, 0.25) is 0 Å². The van der Waals surface area contributed by atoms with Gasteiger partial charge in [-0.2, -0.15) is 13.2 Å². The Bertz CT molecular complexity index is 768. The van der Waals surface area contributed by atoms with Crippen LogP contribution in [0.1, 0.15) is 11.3 Å². The fourth-order valence-electron chi connectivity index (χ4n) is 2.06. The molecule has 0 atom stereocenters. The molecule has 0 spiro atoms. The zero-order valence-electron chi connectivity index (χ0n) is 11.3. The first-order chi connectivity index (χ1) is 9.72. The van der Waals surface area contributed by atoms with Crippen LogP contribution in [0.5, 0.6) is 11.5 Å². The topological polar surface area (TPSA) is 51.3 Å². The van der Waals surface area contributed by atoms with Gasteiger partial charge in [-0.15, -0.1) is 0 Å². The van der Waals surface area contributed by atoms with Crippen molar-refractivity contribution in [3.63, 3.8) is 0 Å². The van der Waals surface area contributed by atoms with E-state index in [-0.39, 0.29) is 27.4 Å². The van der Waals surface area contributed by atoms with E-state index in [4.69, 9.17) is 21.1 Å². The Hall–Kier alpha value is -1.89. The number of benzene rings is 1. The van der Waals surface area contributed by atoms with Crippen LogP contribution >= 0.6 is 11.6 Å². The number of alkyl halides is 3. The molecule has 1 aromatic carbocycles. The average molecular weight is 322 g/mol. The van der Waals surface area contributed by atoms with Gasteiger partial charge in [0, 0.05) is 11.6 Å². The fraction of sp³-hybridized carbons (Fsp3) is 0.308. The van der Waals surface area contributed by atoms with Crippen LogP contribution in [0, 0.1) is 6.92 Å². The second-order valence-electron chi connectivity index (χ2n) is 4.30. The zero-order valence-corrected chi connectivity index (χ0v) is 12.1. The number of nitrogens with one attached hydrogen (secondary N) is 1. The Balaban J connectivity index is 3.04. The fourth-order valence-corrected chi connectivity index (χ4v) is 2.37. The lowest BCUT2D eigenvalue weighted by atomic mass is 10.1. The van der Waals surface area contributed by atoms with Crippen molar-refractivity contribution in [1.29, 1.82) is 0 Å². The summed E-state index contributed by atoms with van der Waals surface area (Å²) in [7, 11) is 2.60. The van der Waals surface area contributed by atoms with Gasteiger partial charge >= 0.3 is 6.18 Å². The van der Waals surface area contributed by atoms with Crippen LogP contribution in [0.2, 0.25) is 5.02 Å². The molecule has 0 saturated heterocycles. The molecule has 2 aromatic rings. The number of H-pyrrole nitrogens is 1. The van der Waals surface area contributed by atoms with Crippen LogP contribution < -0.4 is 14.9 Å². The minimum atomic E-state index is -4.69. The van der Waals surface area contributed by atoms with Gasteiger partial charge in [-0.05, 0) is 6.92 Å². The molecule has 0 bridgehead atoms. The van der Waals surface area contributed by atoms with Crippen molar-refractivity contribution < 1.29 is 22.6 Å². The smallest absolute Gasteiger partial charge is 0.431 e. The number of rotatable bonds is 2. The molecule has 114 valence electrons. The van der Waals surface area contributed by atoms with Gasteiger partial charge in [0.05, 0.1) is 30.1 Å². The molecule has 8 heteroatoms. The molecular formula is C13H11ClF3NO3. The molecule has 1 N–H and O–H groups in total. The Morgan fingerprint density at radius 1 is 1.19 bits per heavy atom. The number of aromatic nitrogens is 1. The van der Waals surface area contributed by atoms with Crippen LogP contribution in [0.15, 0.2) is 10.9 Å². The van der Waals surface area contributed by atoms with E-state index in [0.717, 1.165) is 6.92 Å². The molecule has 0 aliphatic heterocycles. The quantitative estimate of drug-likeness (QED) is 0.920. The standard InChI is InChI=1S/C13H11ClF3NO3/c1-5-11(19)8-9(14)6(20-2)4-7(21-3)10(8)18-12(5)13(15,16)17/h4H,1-3H3,(H,18,19). The second-order valence-corrected chi connectivity index (χ2v) is 4.67. The first-order valence-corrected chi connectivity index (χ1v) is 6.14. The Labute approximate surface area is 122 Å². The Morgan fingerprint density at radius 2 is 1.76 bits per heavy atom. The molecule has 0 aliphatic rings. The van der Waals surface area contributed by atoms with E-state index in [1.807, 2.05) is 0 Å². The van der Waals surface area contributed by atoms with Crippen molar-refractivity contribution in [1.82, 2.24) is 4.98 Å². The van der Waals surface area contributed by atoms with E-state index in [1.54, 1.807) is 0 Å². The van der Waals surface area contributed by atoms with E-state index in [1.165, 1.54) is 20.3 Å². The van der Waals surface area contributed by atoms with Crippen LogP contribution in [0.25, 0.3) is 10.9 Å². The van der Waals surface area contributed by atoms with Crippen molar-refractivity contribution in [3.8, 4) is 11.5 Å². The number of methoxy groups -OCH3 is 2. The van der Waals surface area contributed by atoms with E-state index >= 15 is 0 Å². The van der Waals surface area contributed by atoms with E-state index in [9.17, 15) is 18.0 Å². The maximum Gasteiger partial charge on any atom is 0.431 e. The molecule has 4 nitrogen and oxygen atoms in total. The summed E-state index contributed by atoms with van der Waals surface area (Å²) < 4.78 is 48.9. The number of hydrogen-bond acceptors (Lipinski definition) is 3. The zero-order chi connectivity index (χ0) is 15.9. The lowest BCUT2D eigenvalue weighted by Crippen LogP contribution is -2.19. The Kier molecular flexibility index (Phi) is 3.79. The van der Waals surface area contributed by atoms with Gasteiger partial charge < -0.3 is 14.5 Å². The summed E-state index contributed by atoms with van der Waals surface area (Å²) in [6.07, 6.45) is -4.69. The largest absolute Gasteiger partial charge is 0.495 e. The maximum absolute atomic E-state index is 13.0. The summed E-state index contributed by atoms with van der Waals surface area (Å²) in [6, 6.07) is 1.32. The van der Waals surface area contributed by atoms with Gasteiger partial charge in [-0.3, -0.25) is 4.79 Å². The second kappa shape index (κ2) is 5.14. The molecular weight excluding hydrogens is 311 g/mol. The maximum atomic E-state index is 13.0. The molecule has 0 fully saturated rings. The monoisotopic (exact) mass is 321 g/mol. The van der Waals surface area contributed by atoms with Crippen molar-refractivity contribution in [2.45, 2.75) is 13.1 Å². The highest BCUT2D eigenvalue weighted by Crippen LogP contribution is 2.39. The first kappa shape index (κ1) is 15.5. The first-order valence-electron chi connectivity index (χ1n) is 5.76. The molecule has 0 amide bonds. The SMILES string of the molecule is COc1cc(OC)c2[nH]c(C(F)(F)F)c(C)c(=O)c2c1Cl. The van der Waals surface area contributed by atoms with Gasteiger partial charge in [-0.1, -0.05) is 11.6 Å². The van der Waals surface area contributed by atoms with Crippen LogP contribution in [0.3, 0.4) is 0 Å². The lowest BCUT2D eigenvalue weighted by Gasteiger charge is -2.15. The van der Waals surface area contributed by atoms with Gasteiger partial charge in [0.1, 0.15) is 17.2 Å². The molecule has 0 unspecified atom stereocenters. The molecule has 0 radical (unpaired) electrons. The Morgan fingerprint density at radius 3 is 2.24 bits per heavy atom. The molecule has 0 saturated carbocycles. The predicted molar refractivity (Wildman–Crippen MR) is 72.4 cm³/mol. The number of aromatic amines is 1. The summed E-state index contributed by atoms with van der Waals surface area (Å²) >= 11 is 6.03. The van der Waals surface area contributed by atoms with Crippen LogP contribution in [0.4, 0.5) is 13.2 Å². The van der Waals surface area contributed by atoms with E-state index in [0.29, 0.717) is 0 Å². The van der Waals surface area contributed by atoms with Gasteiger partial charge in [0.25, 0.3) is 0 Å². The summed E-state index contributed by atoms with van der Waals surface area (Å²) in [5.74, 6) is 0.180. The lowest BCUT2D eigenvalue weighted by molar-refractivity contribution is -0.141. The van der Waals surface area contributed by atoms with Crippen molar-refractivity contribution in [2.24, 2.45) is 0 Å². The third kappa shape index (κ3) is 2.42. The average Bonchev–Trinajstić information content (AvgIpc) is 2.41. The van der Waals surface area contributed by atoms with Crippen LogP contribution in [-0.4, -0.2) is 19.2 Å². The highest BCUT2D eigenvalue weighted by molar-refractivity contribution is 6.37. The normalized spacial score (nSPS) is 11.8. The minimum Gasteiger partial charge on any atom is -0.495 e. The molecule has 2 rings (SSSR count). The molecule has 1 heterocycles. The summed E-state index contributed by atoms with van der Waals surface area (Å²) in [5, 5.41) is -0.162. The highest BCUT2D eigenvalue weighted by Gasteiger charge is 2.35. The molecule has 21 heavy (non-hydrogen) atoms. The predicted octanol–water partition coefficient (Wildman–Crippen LogP) is 3.53. The van der Waals surface area contributed by atoms with E-state index in [2.05, 4.69) is 4.98 Å². The van der Waals surface area contributed by atoms with Gasteiger partial charge in [0.15, 0.2) is 5.43 Å². The third-order valence-electron chi connectivity index (χ3n) is 3.11. The van der Waals surface area contributed by atoms with Crippen molar-refractivity contribution in [2.75, 3.05) is 14.2 Å². The number of pyridine rings is 1. The third-order valence-corrected chi connectivity index (χ3v) is 3.49. The minimum absolute atomic E-state index is 0.0360. The van der Waals surface area contributed by atoms with Crippen molar-refractivity contribution >= 4 is 22.5 Å². The summed E-state index contributed by atoms with van der Waals surface area (Å²) in [6.45, 7) is 1.09. The number of hydrogen-bond donors (Lipinski definition) is 1. The molecule has 1 aromatic heterocycles. The van der Waals surface area contributed by atoms with E-state index < -0.39 is 22.9 Å². The van der Waals surface area contributed by atoms with Gasteiger partial charge in [-0.25, -0.2) is 0 Å². The summed E-state index contributed by atoms with van der Waals surface area (Å²) in [5.41, 5.74) is -2.53.